The molecule has 0 N–H and O–H groups in total. The van der Waals surface area contributed by atoms with E-state index in [2.05, 4.69) is 5.10 Å². The number of aryl methyl sites for hydroxylation is 2. The molecule has 2 aromatic carbocycles. The van der Waals surface area contributed by atoms with E-state index in [9.17, 15) is 4.79 Å². The van der Waals surface area contributed by atoms with Crippen molar-refractivity contribution in [2.75, 3.05) is 5.06 Å². The zero-order chi connectivity index (χ0) is 19.0. The van der Waals surface area contributed by atoms with Crippen LogP contribution in [0.25, 0.3) is 0 Å². The van der Waals surface area contributed by atoms with Crippen molar-refractivity contribution in [1.29, 1.82) is 0 Å². The normalized spacial score (nSPS) is 22.2. The number of anilines is 1. The maximum Gasteiger partial charge on any atom is 0.255 e. The molecule has 0 amide bonds. The predicted octanol–water partition coefficient (Wildman–Crippen LogP) is 4.34. The molecule has 3 aromatic rings. The zero-order valence-corrected chi connectivity index (χ0v) is 15.7. The Morgan fingerprint density at radius 2 is 1.63 bits per heavy atom. The fraction of sp³-hybridized carbons (Fsp3) is 0.273. The second-order valence-electron chi connectivity index (χ2n) is 7.03. The summed E-state index contributed by atoms with van der Waals surface area (Å²) in [7, 11) is 0. The van der Waals surface area contributed by atoms with Gasteiger partial charge in [0.25, 0.3) is 5.91 Å². The molecule has 4 rings (SSSR count). The van der Waals surface area contributed by atoms with Crippen LogP contribution >= 0.6 is 0 Å². The summed E-state index contributed by atoms with van der Waals surface area (Å²) in [4.78, 5) is 19.6. The SMILES string of the molecule is Cc1cc(C)n(C(=O)[C@@H]2[C@H](C)ON(c3ccccc3)[C@@H]2c2ccccc2)n1. The summed E-state index contributed by atoms with van der Waals surface area (Å²) in [6.45, 7) is 5.76. The largest absolute Gasteiger partial charge is 0.272 e. The summed E-state index contributed by atoms with van der Waals surface area (Å²) in [5.41, 5.74) is 3.66. The molecular formula is C22H23N3O2. The molecule has 1 fully saturated rings. The molecule has 2 heterocycles. The standard InChI is InChI=1S/C22H23N3O2/c1-15-14-16(2)24(23-15)22(26)20-17(3)27-25(19-12-8-5-9-13-19)21(20)18-10-6-4-7-11-18/h4-14,17,20-21H,1-3H3/t17-,20+,21+/m0/s1. The lowest BCUT2D eigenvalue weighted by molar-refractivity contribution is 0.0617. The third kappa shape index (κ3) is 3.15. The Morgan fingerprint density at radius 1 is 1.00 bits per heavy atom. The molecule has 0 aliphatic carbocycles. The molecule has 0 unspecified atom stereocenters. The summed E-state index contributed by atoms with van der Waals surface area (Å²) in [6, 6.07) is 21.7. The van der Waals surface area contributed by atoms with Gasteiger partial charge in [-0.2, -0.15) is 5.10 Å². The number of para-hydroxylation sites is 1. The van der Waals surface area contributed by atoms with E-state index < -0.39 is 0 Å². The molecule has 1 aromatic heterocycles. The van der Waals surface area contributed by atoms with E-state index in [4.69, 9.17) is 4.84 Å². The van der Waals surface area contributed by atoms with Gasteiger partial charge in [-0.3, -0.25) is 9.63 Å². The average molecular weight is 361 g/mol. The number of hydroxylamine groups is 1. The number of aromatic nitrogens is 2. The Balaban J connectivity index is 1.79. The molecule has 0 bridgehead atoms. The first-order valence-corrected chi connectivity index (χ1v) is 9.20. The second kappa shape index (κ2) is 7.00. The number of nitrogens with zero attached hydrogens (tertiary/aromatic N) is 3. The highest BCUT2D eigenvalue weighted by atomic mass is 16.7. The van der Waals surface area contributed by atoms with Crippen LogP contribution in [0.2, 0.25) is 0 Å². The lowest BCUT2D eigenvalue weighted by Gasteiger charge is -2.27. The van der Waals surface area contributed by atoms with Crippen molar-refractivity contribution in [3.8, 4) is 0 Å². The van der Waals surface area contributed by atoms with Crippen molar-refractivity contribution >= 4 is 11.6 Å². The molecule has 0 radical (unpaired) electrons. The number of carbonyl (C=O) groups is 1. The molecule has 1 aliphatic rings. The molecular weight excluding hydrogens is 338 g/mol. The number of carbonyl (C=O) groups excluding carboxylic acids is 1. The first-order valence-electron chi connectivity index (χ1n) is 9.20. The van der Waals surface area contributed by atoms with Crippen molar-refractivity contribution < 1.29 is 9.63 Å². The van der Waals surface area contributed by atoms with E-state index in [-0.39, 0.29) is 24.0 Å². The molecule has 0 spiro atoms. The van der Waals surface area contributed by atoms with Crippen molar-refractivity contribution in [3.63, 3.8) is 0 Å². The van der Waals surface area contributed by atoms with Crippen LogP contribution in [0.15, 0.2) is 66.7 Å². The van der Waals surface area contributed by atoms with Crippen molar-refractivity contribution in [1.82, 2.24) is 9.78 Å². The Labute approximate surface area is 159 Å². The van der Waals surface area contributed by atoms with Gasteiger partial charge in [-0.1, -0.05) is 48.5 Å². The number of rotatable bonds is 3. The minimum Gasteiger partial charge on any atom is -0.272 e. The third-order valence-electron chi connectivity index (χ3n) is 5.03. The summed E-state index contributed by atoms with van der Waals surface area (Å²) >= 11 is 0. The summed E-state index contributed by atoms with van der Waals surface area (Å²) < 4.78 is 1.52. The van der Waals surface area contributed by atoms with Gasteiger partial charge in [0.15, 0.2) is 0 Å². The average Bonchev–Trinajstić information content (AvgIpc) is 3.21. The Kier molecular flexibility index (Phi) is 4.54. The van der Waals surface area contributed by atoms with Gasteiger partial charge in [0.2, 0.25) is 0 Å². The maximum absolute atomic E-state index is 13.4. The summed E-state index contributed by atoms with van der Waals surface area (Å²) in [6.07, 6.45) is -0.271. The molecule has 1 aliphatic heterocycles. The van der Waals surface area contributed by atoms with E-state index in [1.54, 1.807) is 0 Å². The fourth-order valence-corrected chi connectivity index (χ4v) is 3.83. The second-order valence-corrected chi connectivity index (χ2v) is 7.03. The van der Waals surface area contributed by atoms with E-state index in [1.807, 2.05) is 92.6 Å². The molecule has 27 heavy (non-hydrogen) atoms. The van der Waals surface area contributed by atoms with Crippen LogP contribution in [0.4, 0.5) is 5.69 Å². The van der Waals surface area contributed by atoms with Crippen LogP contribution < -0.4 is 5.06 Å². The summed E-state index contributed by atoms with van der Waals surface area (Å²) in [5.74, 6) is -0.411. The van der Waals surface area contributed by atoms with Gasteiger partial charge in [0.1, 0.15) is 0 Å². The highest BCUT2D eigenvalue weighted by Gasteiger charge is 2.47. The smallest absolute Gasteiger partial charge is 0.255 e. The first kappa shape index (κ1) is 17.5. The van der Waals surface area contributed by atoms with Gasteiger partial charge >= 0.3 is 0 Å². The van der Waals surface area contributed by atoms with Gasteiger partial charge in [-0.15, -0.1) is 0 Å². The summed E-state index contributed by atoms with van der Waals surface area (Å²) in [5, 5.41) is 6.28. The van der Waals surface area contributed by atoms with Crippen LogP contribution in [-0.2, 0) is 4.84 Å². The van der Waals surface area contributed by atoms with Gasteiger partial charge < -0.3 is 0 Å². The third-order valence-corrected chi connectivity index (χ3v) is 5.03. The maximum atomic E-state index is 13.4. The zero-order valence-electron chi connectivity index (χ0n) is 15.7. The highest BCUT2D eigenvalue weighted by Crippen LogP contribution is 2.43. The minimum atomic E-state index is -0.370. The monoisotopic (exact) mass is 361 g/mol. The quantitative estimate of drug-likeness (QED) is 0.696. The van der Waals surface area contributed by atoms with Crippen LogP contribution in [0, 0.1) is 19.8 Å². The Bertz CT molecular complexity index is 937. The van der Waals surface area contributed by atoms with E-state index in [0.29, 0.717) is 0 Å². The van der Waals surface area contributed by atoms with E-state index >= 15 is 0 Å². The molecule has 5 heteroatoms. The lowest BCUT2D eigenvalue weighted by atomic mass is 9.89. The van der Waals surface area contributed by atoms with Gasteiger partial charge in [-0.25, -0.2) is 9.75 Å². The van der Waals surface area contributed by atoms with E-state index in [1.165, 1.54) is 4.68 Å². The first-order chi connectivity index (χ1) is 13.1. The molecule has 5 nitrogen and oxygen atoms in total. The van der Waals surface area contributed by atoms with Gasteiger partial charge in [0, 0.05) is 5.69 Å². The molecule has 3 atom stereocenters. The highest BCUT2D eigenvalue weighted by molar-refractivity contribution is 5.84. The van der Waals surface area contributed by atoms with Gasteiger partial charge in [0.05, 0.1) is 29.4 Å². The fourth-order valence-electron chi connectivity index (χ4n) is 3.83. The molecule has 0 saturated carbocycles. The number of benzene rings is 2. The van der Waals surface area contributed by atoms with Crippen molar-refractivity contribution in [2.24, 2.45) is 5.92 Å². The van der Waals surface area contributed by atoms with Crippen LogP contribution in [-0.4, -0.2) is 21.8 Å². The number of hydrogen-bond acceptors (Lipinski definition) is 4. The minimum absolute atomic E-state index is 0.0413. The van der Waals surface area contributed by atoms with Crippen molar-refractivity contribution in [2.45, 2.75) is 32.9 Å². The molecule has 1 saturated heterocycles. The van der Waals surface area contributed by atoms with Crippen LogP contribution in [0.5, 0.6) is 0 Å². The lowest BCUT2D eigenvalue weighted by Crippen LogP contribution is -2.33. The van der Waals surface area contributed by atoms with E-state index in [0.717, 1.165) is 22.6 Å². The molecule has 138 valence electrons. The Hall–Kier alpha value is -2.92. The van der Waals surface area contributed by atoms with Crippen molar-refractivity contribution in [3.05, 3.63) is 83.7 Å². The van der Waals surface area contributed by atoms with Gasteiger partial charge in [-0.05, 0) is 44.5 Å². The van der Waals surface area contributed by atoms with Crippen LogP contribution in [0.1, 0.15) is 34.7 Å². The number of hydrogen-bond donors (Lipinski definition) is 0. The topological polar surface area (TPSA) is 47.4 Å². The van der Waals surface area contributed by atoms with Crippen LogP contribution in [0.3, 0.4) is 0 Å². The predicted molar refractivity (Wildman–Crippen MR) is 104 cm³/mol. The Morgan fingerprint density at radius 3 is 2.22 bits per heavy atom.